The third kappa shape index (κ3) is 3.06. The standard InChI is InChI=1S/C11H17N3O2/c1-16-10-5-6-11(15)14(13-10)8-2-7-12-9-3-4-9/h5-6,9,12H,2-4,7-8H2,1H3. The van der Waals surface area contributed by atoms with Gasteiger partial charge in [-0.15, -0.1) is 5.10 Å². The molecule has 0 aliphatic heterocycles. The molecule has 2 rings (SSSR count). The molecular formula is C11H17N3O2. The molecule has 1 N–H and O–H groups in total. The van der Waals surface area contributed by atoms with Gasteiger partial charge in [0.05, 0.1) is 7.11 Å². The Morgan fingerprint density at radius 3 is 3.06 bits per heavy atom. The summed E-state index contributed by atoms with van der Waals surface area (Å²) in [7, 11) is 1.55. The Morgan fingerprint density at radius 1 is 1.56 bits per heavy atom. The summed E-state index contributed by atoms with van der Waals surface area (Å²) in [5, 5.41) is 7.48. The van der Waals surface area contributed by atoms with Crippen LogP contribution in [0.3, 0.4) is 0 Å². The van der Waals surface area contributed by atoms with Crippen molar-refractivity contribution in [2.24, 2.45) is 0 Å². The fourth-order valence-electron chi connectivity index (χ4n) is 1.52. The monoisotopic (exact) mass is 223 g/mol. The highest BCUT2D eigenvalue weighted by molar-refractivity contribution is 5.05. The summed E-state index contributed by atoms with van der Waals surface area (Å²) in [6, 6.07) is 3.79. The first kappa shape index (κ1) is 11.1. The minimum Gasteiger partial charge on any atom is -0.480 e. The maximum Gasteiger partial charge on any atom is 0.266 e. The van der Waals surface area contributed by atoms with Crippen LogP contribution in [0.2, 0.25) is 0 Å². The molecule has 0 amide bonds. The summed E-state index contributed by atoms with van der Waals surface area (Å²) in [6.45, 7) is 1.58. The molecule has 0 unspecified atom stereocenters. The average molecular weight is 223 g/mol. The van der Waals surface area contributed by atoms with Gasteiger partial charge in [-0.1, -0.05) is 0 Å². The van der Waals surface area contributed by atoms with Crippen LogP contribution in [0.5, 0.6) is 5.88 Å². The van der Waals surface area contributed by atoms with Crippen molar-refractivity contribution in [3.8, 4) is 5.88 Å². The molecular weight excluding hydrogens is 206 g/mol. The molecule has 1 aliphatic rings. The van der Waals surface area contributed by atoms with Gasteiger partial charge in [0.15, 0.2) is 0 Å². The molecule has 16 heavy (non-hydrogen) atoms. The van der Waals surface area contributed by atoms with Crippen LogP contribution in [0.1, 0.15) is 19.3 Å². The van der Waals surface area contributed by atoms with Gasteiger partial charge in [-0.2, -0.15) is 0 Å². The average Bonchev–Trinajstić information content (AvgIpc) is 3.10. The molecule has 5 nitrogen and oxygen atoms in total. The lowest BCUT2D eigenvalue weighted by Gasteiger charge is -2.06. The van der Waals surface area contributed by atoms with E-state index in [2.05, 4.69) is 10.4 Å². The number of nitrogens with one attached hydrogen (secondary N) is 1. The van der Waals surface area contributed by atoms with Gasteiger partial charge in [-0.25, -0.2) is 4.68 Å². The molecule has 1 fully saturated rings. The van der Waals surface area contributed by atoms with Crippen LogP contribution in [0, 0.1) is 0 Å². The zero-order valence-electron chi connectivity index (χ0n) is 9.48. The fourth-order valence-corrected chi connectivity index (χ4v) is 1.52. The first-order chi connectivity index (χ1) is 7.79. The third-order valence-electron chi connectivity index (χ3n) is 2.61. The lowest BCUT2D eigenvalue weighted by Crippen LogP contribution is -2.25. The second-order valence-electron chi connectivity index (χ2n) is 4.02. The topological polar surface area (TPSA) is 56.1 Å². The lowest BCUT2D eigenvalue weighted by atomic mass is 10.4. The van der Waals surface area contributed by atoms with E-state index in [0.717, 1.165) is 19.0 Å². The summed E-state index contributed by atoms with van der Waals surface area (Å²) in [4.78, 5) is 11.5. The number of hydrogen-bond donors (Lipinski definition) is 1. The van der Waals surface area contributed by atoms with E-state index in [1.165, 1.54) is 23.6 Å². The predicted octanol–water partition coefficient (Wildman–Crippen LogP) is 0.394. The number of aromatic nitrogens is 2. The van der Waals surface area contributed by atoms with Gasteiger partial charge in [-0.3, -0.25) is 4.79 Å². The predicted molar refractivity (Wildman–Crippen MR) is 60.7 cm³/mol. The van der Waals surface area contributed by atoms with E-state index < -0.39 is 0 Å². The highest BCUT2D eigenvalue weighted by Gasteiger charge is 2.19. The Labute approximate surface area is 94.4 Å². The molecule has 1 aromatic rings. The zero-order chi connectivity index (χ0) is 11.4. The van der Waals surface area contributed by atoms with Gasteiger partial charge in [0.25, 0.3) is 5.56 Å². The Bertz CT molecular complexity index is 398. The van der Waals surface area contributed by atoms with Crippen LogP contribution in [0.25, 0.3) is 0 Å². The number of methoxy groups -OCH3 is 1. The molecule has 0 saturated heterocycles. The zero-order valence-corrected chi connectivity index (χ0v) is 9.48. The Hall–Kier alpha value is -1.36. The van der Waals surface area contributed by atoms with Crippen molar-refractivity contribution in [3.05, 3.63) is 22.5 Å². The van der Waals surface area contributed by atoms with Crippen molar-refractivity contribution in [2.45, 2.75) is 31.8 Å². The van der Waals surface area contributed by atoms with E-state index in [1.807, 2.05) is 0 Å². The highest BCUT2D eigenvalue weighted by atomic mass is 16.5. The molecule has 88 valence electrons. The van der Waals surface area contributed by atoms with Crippen molar-refractivity contribution in [1.82, 2.24) is 15.1 Å². The van der Waals surface area contributed by atoms with Gasteiger partial charge in [0.1, 0.15) is 0 Å². The second kappa shape index (κ2) is 5.12. The van der Waals surface area contributed by atoms with Gasteiger partial charge < -0.3 is 10.1 Å². The van der Waals surface area contributed by atoms with Crippen molar-refractivity contribution in [1.29, 1.82) is 0 Å². The van der Waals surface area contributed by atoms with Crippen LogP contribution in [-0.2, 0) is 6.54 Å². The summed E-state index contributed by atoms with van der Waals surface area (Å²) < 4.78 is 6.43. The first-order valence-electron chi connectivity index (χ1n) is 5.65. The Kier molecular flexibility index (Phi) is 3.56. The normalized spacial score (nSPS) is 15.1. The van der Waals surface area contributed by atoms with Gasteiger partial charge in [-0.05, 0) is 25.8 Å². The smallest absolute Gasteiger partial charge is 0.266 e. The summed E-state index contributed by atoms with van der Waals surface area (Å²) in [5.41, 5.74) is -0.0766. The summed E-state index contributed by atoms with van der Waals surface area (Å²) in [5.74, 6) is 0.481. The molecule has 1 aromatic heterocycles. The summed E-state index contributed by atoms with van der Waals surface area (Å²) >= 11 is 0. The van der Waals surface area contributed by atoms with E-state index in [4.69, 9.17) is 4.74 Å². The Morgan fingerprint density at radius 2 is 2.38 bits per heavy atom. The molecule has 1 saturated carbocycles. The van der Waals surface area contributed by atoms with Crippen LogP contribution in [-0.4, -0.2) is 29.5 Å². The largest absolute Gasteiger partial charge is 0.480 e. The van der Waals surface area contributed by atoms with Crippen molar-refractivity contribution in [3.63, 3.8) is 0 Å². The van der Waals surface area contributed by atoms with Crippen molar-refractivity contribution < 1.29 is 4.74 Å². The number of hydrogen-bond acceptors (Lipinski definition) is 4. The maximum atomic E-state index is 11.5. The highest BCUT2D eigenvalue weighted by Crippen LogP contribution is 2.18. The number of ether oxygens (including phenoxy) is 1. The van der Waals surface area contributed by atoms with Crippen LogP contribution < -0.4 is 15.6 Å². The van der Waals surface area contributed by atoms with Gasteiger partial charge in [0.2, 0.25) is 5.88 Å². The third-order valence-corrected chi connectivity index (χ3v) is 2.61. The molecule has 5 heteroatoms. The molecule has 0 radical (unpaired) electrons. The van der Waals surface area contributed by atoms with Crippen molar-refractivity contribution in [2.75, 3.05) is 13.7 Å². The molecule has 0 aromatic carbocycles. The molecule has 0 atom stereocenters. The van der Waals surface area contributed by atoms with Crippen molar-refractivity contribution >= 4 is 0 Å². The van der Waals surface area contributed by atoms with E-state index in [9.17, 15) is 4.79 Å². The van der Waals surface area contributed by atoms with Gasteiger partial charge in [0, 0.05) is 24.7 Å². The van der Waals surface area contributed by atoms with E-state index >= 15 is 0 Å². The van der Waals surface area contributed by atoms with Gasteiger partial charge >= 0.3 is 0 Å². The Balaban J connectivity index is 1.84. The second-order valence-corrected chi connectivity index (χ2v) is 4.02. The molecule has 0 spiro atoms. The molecule has 1 aliphatic carbocycles. The minimum absolute atomic E-state index is 0.0766. The van der Waals surface area contributed by atoms with E-state index in [-0.39, 0.29) is 5.56 Å². The molecule has 0 bridgehead atoms. The van der Waals surface area contributed by atoms with E-state index in [0.29, 0.717) is 12.4 Å². The number of rotatable bonds is 6. The first-order valence-corrected chi connectivity index (χ1v) is 5.65. The SMILES string of the molecule is COc1ccc(=O)n(CCCNC2CC2)n1. The van der Waals surface area contributed by atoms with E-state index in [1.54, 1.807) is 13.2 Å². The molecule has 1 heterocycles. The fraction of sp³-hybridized carbons (Fsp3) is 0.636. The number of aryl methyl sites for hydroxylation is 1. The minimum atomic E-state index is -0.0766. The summed E-state index contributed by atoms with van der Waals surface area (Å²) in [6.07, 6.45) is 3.49. The maximum absolute atomic E-state index is 11.5. The van der Waals surface area contributed by atoms with Crippen LogP contribution >= 0.6 is 0 Å². The van der Waals surface area contributed by atoms with Crippen LogP contribution in [0.15, 0.2) is 16.9 Å². The number of nitrogens with zero attached hydrogens (tertiary/aromatic N) is 2. The van der Waals surface area contributed by atoms with Crippen LogP contribution in [0.4, 0.5) is 0 Å². The quantitative estimate of drug-likeness (QED) is 0.709. The lowest BCUT2D eigenvalue weighted by molar-refractivity contribution is 0.373.